The Morgan fingerprint density at radius 2 is 1.76 bits per heavy atom. The molecule has 0 saturated carbocycles. The molecule has 4 rings (SSSR count). The molecule has 1 saturated heterocycles. The fourth-order valence-electron chi connectivity index (χ4n) is 4.41. The van der Waals surface area contributed by atoms with Gasteiger partial charge in [-0.2, -0.15) is 10.2 Å². The molecule has 1 N–H and O–H groups in total. The topological polar surface area (TPSA) is 94.3 Å². The number of aromatic nitrogens is 4. The summed E-state index contributed by atoms with van der Waals surface area (Å²) in [6.07, 6.45) is 1.83. The number of fused-ring (bicyclic) bond motifs is 1. The SMILES string of the molecule is Cc1ccc(-n2nc3c(=O)n(CCCC(=O)NCCCN4CCOCC4)nc(C)c3c2C)cc1. The minimum absolute atomic E-state index is 0.00678. The summed E-state index contributed by atoms with van der Waals surface area (Å²) in [5.41, 5.74) is 3.93. The number of aryl methyl sites for hydroxylation is 4. The van der Waals surface area contributed by atoms with Crippen molar-refractivity contribution in [2.24, 2.45) is 0 Å². The van der Waals surface area contributed by atoms with Gasteiger partial charge >= 0.3 is 0 Å². The van der Waals surface area contributed by atoms with E-state index in [2.05, 4.69) is 20.4 Å². The van der Waals surface area contributed by atoms with E-state index in [0.717, 1.165) is 61.7 Å². The van der Waals surface area contributed by atoms with Gasteiger partial charge in [0.1, 0.15) is 0 Å². The molecule has 0 atom stereocenters. The molecule has 0 bridgehead atoms. The van der Waals surface area contributed by atoms with Crippen LogP contribution >= 0.6 is 0 Å². The molecule has 0 unspecified atom stereocenters. The molecule has 9 nitrogen and oxygen atoms in total. The second kappa shape index (κ2) is 10.9. The smallest absolute Gasteiger partial charge is 0.295 e. The Morgan fingerprint density at radius 3 is 2.50 bits per heavy atom. The van der Waals surface area contributed by atoms with Crippen LogP contribution in [0.3, 0.4) is 0 Å². The monoisotopic (exact) mass is 466 g/mol. The molecule has 0 aliphatic carbocycles. The van der Waals surface area contributed by atoms with Gasteiger partial charge in [0.25, 0.3) is 5.56 Å². The van der Waals surface area contributed by atoms with E-state index in [9.17, 15) is 9.59 Å². The van der Waals surface area contributed by atoms with E-state index in [-0.39, 0.29) is 11.5 Å². The molecule has 2 aromatic heterocycles. The molecule has 1 aliphatic heterocycles. The molecule has 1 fully saturated rings. The second-order valence-corrected chi connectivity index (χ2v) is 8.93. The summed E-state index contributed by atoms with van der Waals surface area (Å²) in [5.74, 6) is 0.00678. The average Bonchev–Trinajstić information content (AvgIpc) is 3.19. The van der Waals surface area contributed by atoms with Gasteiger partial charge in [-0.05, 0) is 52.3 Å². The fourth-order valence-corrected chi connectivity index (χ4v) is 4.41. The lowest BCUT2D eigenvalue weighted by Crippen LogP contribution is -2.38. The minimum Gasteiger partial charge on any atom is -0.379 e. The van der Waals surface area contributed by atoms with E-state index < -0.39 is 0 Å². The molecule has 0 radical (unpaired) electrons. The van der Waals surface area contributed by atoms with Crippen LogP contribution in [0.2, 0.25) is 0 Å². The summed E-state index contributed by atoms with van der Waals surface area (Å²) in [7, 11) is 0. The third-order valence-corrected chi connectivity index (χ3v) is 6.32. The largest absolute Gasteiger partial charge is 0.379 e. The Morgan fingerprint density at radius 1 is 1.03 bits per heavy atom. The summed E-state index contributed by atoms with van der Waals surface area (Å²) in [5, 5.41) is 12.9. The number of nitrogens with one attached hydrogen (secondary N) is 1. The van der Waals surface area contributed by atoms with Crippen molar-refractivity contribution in [2.45, 2.75) is 46.6 Å². The number of hydrogen-bond acceptors (Lipinski definition) is 6. The average molecular weight is 467 g/mol. The van der Waals surface area contributed by atoms with Gasteiger partial charge in [0, 0.05) is 32.6 Å². The summed E-state index contributed by atoms with van der Waals surface area (Å²) in [4.78, 5) is 27.6. The predicted molar refractivity (Wildman–Crippen MR) is 131 cm³/mol. The van der Waals surface area contributed by atoms with E-state index in [1.54, 1.807) is 4.68 Å². The lowest BCUT2D eigenvalue weighted by atomic mass is 10.2. The van der Waals surface area contributed by atoms with Crippen molar-refractivity contribution in [3.63, 3.8) is 0 Å². The number of benzene rings is 1. The van der Waals surface area contributed by atoms with Crippen molar-refractivity contribution in [3.8, 4) is 5.69 Å². The normalized spacial score (nSPS) is 14.6. The van der Waals surface area contributed by atoms with E-state index >= 15 is 0 Å². The first-order valence-corrected chi connectivity index (χ1v) is 12.0. The molecule has 1 amide bonds. The quantitative estimate of drug-likeness (QED) is 0.486. The zero-order valence-electron chi connectivity index (χ0n) is 20.3. The van der Waals surface area contributed by atoms with Crippen molar-refractivity contribution in [2.75, 3.05) is 39.4 Å². The van der Waals surface area contributed by atoms with Crippen LogP contribution in [0.1, 0.15) is 36.2 Å². The third kappa shape index (κ3) is 5.53. The van der Waals surface area contributed by atoms with E-state index in [0.29, 0.717) is 31.4 Å². The van der Waals surface area contributed by atoms with Crippen molar-refractivity contribution in [1.29, 1.82) is 0 Å². The van der Waals surface area contributed by atoms with Crippen LogP contribution in [0.4, 0.5) is 0 Å². The predicted octanol–water partition coefficient (Wildman–Crippen LogP) is 2.13. The lowest BCUT2D eigenvalue weighted by Gasteiger charge is -2.26. The highest BCUT2D eigenvalue weighted by atomic mass is 16.5. The maximum Gasteiger partial charge on any atom is 0.295 e. The van der Waals surface area contributed by atoms with Gasteiger partial charge in [0.05, 0.1) is 35.7 Å². The van der Waals surface area contributed by atoms with E-state index in [4.69, 9.17) is 4.74 Å². The Labute approximate surface area is 199 Å². The van der Waals surface area contributed by atoms with Gasteiger partial charge in [-0.25, -0.2) is 9.36 Å². The van der Waals surface area contributed by atoms with E-state index in [1.165, 1.54) is 10.2 Å². The van der Waals surface area contributed by atoms with Crippen molar-refractivity contribution in [3.05, 3.63) is 51.6 Å². The molecule has 0 spiro atoms. The summed E-state index contributed by atoms with van der Waals surface area (Å²) < 4.78 is 8.59. The minimum atomic E-state index is -0.222. The Hall–Kier alpha value is -3.04. The summed E-state index contributed by atoms with van der Waals surface area (Å²) in [6, 6.07) is 8.04. The first kappa shape index (κ1) is 24.1. The molecule has 34 heavy (non-hydrogen) atoms. The van der Waals surface area contributed by atoms with Crippen LogP contribution in [0, 0.1) is 20.8 Å². The van der Waals surface area contributed by atoms with E-state index in [1.807, 2.05) is 45.0 Å². The number of carbonyl (C=O) groups excluding carboxylic acids is 1. The molecule has 3 heterocycles. The highest BCUT2D eigenvalue weighted by Crippen LogP contribution is 2.21. The molecular formula is C25H34N6O3. The molecule has 1 aromatic carbocycles. The molecule has 3 aromatic rings. The molecule has 182 valence electrons. The first-order valence-electron chi connectivity index (χ1n) is 12.0. The second-order valence-electron chi connectivity index (χ2n) is 8.93. The maximum absolute atomic E-state index is 13.1. The molecule has 1 aliphatic rings. The van der Waals surface area contributed by atoms with Gasteiger partial charge in [0.15, 0.2) is 5.52 Å². The summed E-state index contributed by atoms with van der Waals surface area (Å²) >= 11 is 0. The van der Waals surface area contributed by atoms with Crippen LogP contribution in [0.5, 0.6) is 0 Å². The molecule has 9 heteroatoms. The van der Waals surface area contributed by atoms with Crippen molar-refractivity contribution >= 4 is 16.8 Å². The number of amides is 1. The highest BCUT2D eigenvalue weighted by Gasteiger charge is 2.17. The highest BCUT2D eigenvalue weighted by molar-refractivity contribution is 5.83. The van der Waals surface area contributed by atoms with Crippen molar-refractivity contribution < 1.29 is 9.53 Å². The van der Waals surface area contributed by atoms with Crippen LogP contribution in [-0.2, 0) is 16.1 Å². The number of nitrogens with zero attached hydrogens (tertiary/aromatic N) is 5. The zero-order chi connectivity index (χ0) is 24.1. The van der Waals surface area contributed by atoms with Gasteiger partial charge in [0.2, 0.25) is 5.91 Å². The third-order valence-electron chi connectivity index (χ3n) is 6.32. The van der Waals surface area contributed by atoms with Crippen LogP contribution in [-0.4, -0.2) is 69.8 Å². The first-order chi connectivity index (χ1) is 16.4. The van der Waals surface area contributed by atoms with Crippen molar-refractivity contribution in [1.82, 2.24) is 29.8 Å². The fraction of sp³-hybridized carbons (Fsp3) is 0.520. The number of morpholine rings is 1. The van der Waals surface area contributed by atoms with Gasteiger partial charge < -0.3 is 10.1 Å². The van der Waals surface area contributed by atoms with Crippen LogP contribution in [0.25, 0.3) is 16.6 Å². The number of hydrogen-bond donors (Lipinski definition) is 1. The van der Waals surface area contributed by atoms with Crippen LogP contribution < -0.4 is 10.9 Å². The summed E-state index contributed by atoms with van der Waals surface area (Å²) in [6.45, 7) is 11.4. The Balaban J connectivity index is 1.34. The van der Waals surface area contributed by atoms with Gasteiger partial charge in [-0.3, -0.25) is 14.5 Å². The lowest BCUT2D eigenvalue weighted by molar-refractivity contribution is -0.121. The molecular weight excluding hydrogens is 432 g/mol. The van der Waals surface area contributed by atoms with Gasteiger partial charge in [-0.15, -0.1) is 0 Å². The zero-order valence-corrected chi connectivity index (χ0v) is 20.3. The van der Waals surface area contributed by atoms with Gasteiger partial charge in [-0.1, -0.05) is 17.7 Å². The maximum atomic E-state index is 13.1. The van der Waals surface area contributed by atoms with Crippen LogP contribution in [0.15, 0.2) is 29.1 Å². The standard InChI is InChI=1S/C25H34N6O3/c1-18-7-9-21(10-8-18)31-20(3)23-19(2)27-30(25(33)24(23)28-31)13-4-6-22(32)26-11-5-12-29-14-16-34-17-15-29/h7-10H,4-6,11-17H2,1-3H3,(H,26,32). The Bertz CT molecular complexity index is 1190. The number of ether oxygens (including phenoxy) is 1. The number of rotatable bonds is 9. The number of carbonyl (C=O) groups is 1. The Kier molecular flexibility index (Phi) is 7.74.